The molecule has 1 aromatic carbocycles. The molecule has 1 N–H and O–H groups in total. The van der Waals surface area contributed by atoms with Crippen molar-refractivity contribution in [2.24, 2.45) is 0 Å². The molecule has 7 nitrogen and oxygen atoms in total. The predicted molar refractivity (Wildman–Crippen MR) is 122 cm³/mol. The summed E-state index contributed by atoms with van der Waals surface area (Å²) in [6, 6.07) is 9.62. The van der Waals surface area contributed by atoms with E-state index in [2.05, 4.69) is 16.4 Å². The average Bonchev–Trinajstić information content (AvgIpc) is 3.39. The zero-order valence-corrected chi connectivity index (χ0v) is 18.9. The van der Waals surface area contributed by atoms with Gasteiger partial charge in [0.15, 0.2) is 5.78 Å². The molecular formula is C22H19N3O4S2. The third kappa shape index (κ3) is 4.66. The van der Waals surface area contributed by atoms with E-state index in [4.69, 9.17) is 9.47 Å². The molecule has 0 spiro atoms. The lowest BCUT2D eigenvalue weighted by Crippen LogP contribution is -2.05. The van der Waals surface area contributed by atoms with Crippen LogP contribution in [0.5, 0.6) is 5.75 Å². The highest BCUT2D eigenvalue weighted by molar-refractivity contribution is 7.18. The number of aromatic nitrogens is 1. The van der Waals surface area contributed by atoms with Gasteiger partial charge in [0.25, 0.3) is 0 Å². The molecule has 3 rings (SSSR count). The zero-order valence-electron chi connectivity index (χ0n) is 17.3. The largest absolute Gasteiger partial charge is 0.497 e. The number of methoxy groups -OCH3 is 2. The molecule has 0 aliphatic carbocycles. The minimum atomic E-state index is -0.551. The van der Waals surface area contributed by atoms with E-state index in [0.29, 0.717) is 26.0 Å². The molecule has 0 bridgehead atoms. The van der Waals surface area contributed by atoms with Crippen LogP contribution in [0.4, 0.5) is 5.00 Å². The topological polar surface area (TPSA) is 101 Å². The molecule has 0 saturated carbocycles. The SMILES string of the molecule is COC(=O)c1c(N/C=C(/C#N)c2nc(-c3cccc(OC)c3)cs2)sc(C(C)=O)c1C. The minimum absolute atomic E-state index is 0.145. The van der Waals surface area contributed by atoms with Gasteiger partial charge in [0.05, 0.1) is 30.4 Å². The fourth-order valence-corrected chi connectivity index (χ4v) is 4.74. The van der Waals surface area contributed by atoms with Gasteiger partial charge in [-0.15, -0.1) is 22.7 Å². The van der Waals surface area contributed by atoms with Crippen molar-refractivity contribution in [1.29, 1.82) is 5.26 Å². The number of nitrogens with zero attached hydrogens (tertiary/aromatic N) is 2. The number of allylic oxidation sites excluding steroid dienone is 1. The molecule has 0 saturated heterocycles. The average molecular weight is 454 g/mol. The first-order chi connectivity index (χ1) is 14.9. The summed E-state index contributed by atoms with van der Waals surface area (Å²) in [5.41, 5.74) is 2.72. The summed E-state index contributed by atoms with van der Waals surface area (Å²) in [5, 5.41) is 15.4. The van der Waals surface area contributed by atoms with Crippen molar-refractivity contribution in [3.05, 3.63) is 56.9 Å². The number of nitriles is 1. The van der Waals surface area contributed by atoms with E-state index >= 15 is 0 Å². The van der Waals surface area contributed by atoms with Gasteiger partial charge in [-0.3, -0.25) is 4.79 Å². The first-order valence-electron chi connectivity index (χ1n) is 9.09. The number of rotatable bonds is 7. The van der Waals surface area contributed by atoms with E-state index in [1.807, 2.05) is 29.6 Å². The summed E-state index contributed by atoms with van der Waals surface area (Å²) in [7, 11) is 2.88. The quantitative estimate of drug-likeness (QED) is 0.300. The maximum absolute atomic E-state index is 12.2. The predicted octanol–water partition coefficient (Wildman–Crippen LogP) is 5.15. The minimum Gasteiger partial charge on any atom is -0.497 e. The summed E-state index contributed by atoms with van der Waals surface area (Å²) in [6.45, 7) is 3.14. The second-order valence-electron chi connectivity index (χ2n) is 6.39. The number of ether oxygens (including phenoxy) is 2. The van der Waals surface area contributed by atoms with Gasteiger partial charge in [-0.2, -0.15) is 5.26 Å². The second kappa shape index (κ2) is 9.55. The van der Waals surface area contributed by atoms with Crippen LogP contribution in [-0.2, 0) is 4.74 Å². The van der Waals surface area contributed by atoms with E-state index in [1.165, 1.54) is 31.6 Å². The van der Waals surface area contributed by atoms with E-state index in [-0.39, 0.29) is 11.3 Å². The van der Waals surface area contributed by atoms with Crippen molar-refractivity contribution < 1.29 is 19.1 Å². The molecule has 2 aromatic heterocycles. The fraction of sp³-hybridized carbons (Fsp3) is 0.182. The van der Waals surface area contributed by atoms with Gasteiger partial charge < -0.3 is 14.8 Å². The Balaban J connectivity index is 1.93. The Morgan fingerprint density at radius 3 is 2.71 bits per heavy atom. The first kappa shape index (κ1) is 22.2. The van der Waals surface area contributed by atoms with Crippen LogP contribution >= 0.6 is 22.7 Å². The lowest BCUT2D eigenvalue weighted by Gasteiger charge is -2.04. The zero-order chi connectivity index (χ0) is 22.5. The number of thiazole rings is 1. The van der Waals surface area contributed by atoms with Gasteiger partial charge in [0.1, 0.15) is 27.4 Å². The van der Waals surface area contributed by atoms with Crippen LogP contribution in [0.2, 0.25) is 0 Å². The Morgan fingerprint density at radius 2 is 2.06 bits per heavy atom. The molecule has 0 unspecified atom stereocenters. The van der Waals surface area contributed by atoms with Gasteiger partial charge in [-0.05, 0) is 31.5 Å². The maximum Gasteiger partial charge on any atom is 0.341 e. The van der Waals surface area contributed by atoms with Crippen molar-refractivity contribution in [3.8, 4) is 23.1 Å². The smallest absolute Gasteiger partial charge is 0.341 e. The number of ketones is 1. The van der Waals surface area contributed by atoms with Crippen LogP contribution in [0.25, 0.3) is 16.8 Å². The molecule has 0 radical (unpaired) electrons. The van der Waals surface area contributed by atoms with E-state index in [1.54, 1.807) is 14.0 Å². The number of Topliss-reactive ketones (excluding diaryl/α,β-unsaturated/α-hetero) is 1. The van der Waals surface area contributed by atoms with E-state index in [0.717, 1.165) is 28.3 Å². The highest BCUT2D eigenvalue weighted by atomic mass is 32.1. The third-order valence-corrected chi connectivity index (χ3v) is 6.62. The van der Waals surface area contributed by atoms with Crippen LogP contribution in [0.3, 0.4) is 0 Å². The molecule has 0 amide bonds. The van der Waals surface area contributed by atoms with Gasteiger partial charge in [0, 0.05) is 17.1 Å². The normalized spacial score (nSPS) is 11.0. The van der Waals surface area contributed by atoms with Crippen molar-refractivity contribution in [1.82, 2.24) is 4.98 Å². The van der Waals surface area contributed by atoms with Crippen molar-refractivity contribution in [3.63, 3.8) is 0 Å². The summed E-state index contributed by atoms with van der Waals surface area (Å²) in [4.78, 5) is 29.1. The number of esters is 1. The number of nitrogens with one attached hydrogen (secondary N) is 1. The Labute approximate surface area is 187 Å². The number of carbonyl (C=O) groups is 2. The van der Waals surface area contributed by atoms with Crippen molar-refractivity contribution in [2.75, 3.05) is 19.5 Å². The molecule has 3 aromatic rings. The molecule has 158 valence electrons. The van der Waals surface area contributed by atoms with Crippen molar-refractivity contribution in [2.45, 2.75) is 13.8 Å². The van der Waals surface area contributed by atoms with Gasteiger partial charge in [0.2, 0.25) is 0 Å². The highest BCUT2D eigenvalue weighted by Crippen LogP contribution is 2.35. The Bertz CT molecular complexity index is 1220. The molecule has 2 heterocycles. The summed E-state index contributed by atoms with van der Waals surface area (Å²) >= 11 is 2.47. The lowest BCUT2D eigenvalue weighted by atomic mass is 10.1. The number of hydrogen-bond acceptors (Lipinski definition) is 9. The first-order valence-corrected chi connectivity index (χ1v) is 10.8. The molecule has 0 fully saturated rings. The van der Waals surface area contributed by atoms with Crippen molar-refractivity contribution >= 4 is 45.0 Å². The number of anilines is 1. The molecule has 9 heteroatoms. The van der Waals surface area contributed by atoms with Crippen LogP contribution in [0, 0.1) is 18.3 Å². The van der Waals surface area contributed by atoms with Crippen LogP contribution in [0.1, 0.15) is 37.5 Å². The summed E-state index contributed by atoms with van der Waals surface area (Å²) < 4.78 is 10.1. The van der Waals surface area contributed by atoms with E-state index < -0.39 is 5.97 Å². The number of hydrogen-bond donors (Lipinski definition) is 1. The summed E-state index contributed by atoms with van der Waals surface area (Å²) in [5.74, 6) is 0.0210. The van der Waals surface area contributed by atoms with E-state index in [9.17, 15) is 14.9 Å². The van der Waals surface area contributed by atoms with Gasteiger partial charge in [-0.1, -0.05) is 12.1 Å². The Kier molecular flexibility index (Phi) is 6.84. The number of benzene rings is 1. The highest BCUT2D eigenvalue weighted by Gasteiger charge is 2.23. The number of carbonyl (C=O) groups excluding carboxylic acids is 2. The second-order valence-corrected chi connectivity index (χ2v) is 8.27. The third-order valence-electron chi connectivity index (χ3n) is 4.42. The van der Waals surface area contributed by atoms with Crippen LogP contribution in [-0.4, -0.2) is 31.0 Å². The molecular weight excluding hydrogens is 434 g/mol. The fourth-order valence-electron chi connectivity index (χ4n) is 2.89. The molecule has 0 atom stereocenters. The van der Waals surface area contributed by atoms with Crippen LogP contribution < -0.4 is 10.1 Å². The Morgan fingerprint density at radius 1 is 1.29 bits per heavy atom. The monoisotopic (exact) mass is 453 g/mol. The molecule has 0 aliphatic rings. The Hall–Kier alpha value is -3.48. The number of thiophene rings is 1. The standard InChI is InChI=1S/C22H19N3O4S2/c1-12-18(22(27)29-4)21(31-19(12)13(2)26)24-10-15(9-23)20-25-17(11-30-20)14-6-5-7-16(8-14)28-3/h5-8,10-11,24H,1-4H3/b15-10-. The summed E-state index contributed by atoms with van der Waals surface area (Å²) in [6.07, 6.45) is 1.48. The molecule has 0 aliphatic heterocycles. The van der Waals surface area contributed by atoms with Gasteiger partial charge in [-0.25, -0.2) is 9.78 Å². The van der Waals surface area contributed by atoms with Gasteiger partial charge >= 0.3 is 5.97 Å². The lowest BCUT2D eigenvalue weighted by molar-refractivity contribution is 0.0601. The maximum atomic E-state index is 12.2. The molecule has 31 heavy (non-hydrogen) atoms. The van der Waals surface area contributed by atoms with Crippen LogP contribution in [0.15, 0.2) is 35.8 Å².